The minimum atomic E-state index is -0.468. The highest BCUT2D eigenvalue weighted by Gasteiger charge is 2.30. The largest absolute Gasteiger partial charge is 0.394 e. The molecule has 0 aromatic heterocycles. The van der Waals surface area contributed by atoms with Crippen molar-refractivity contribution in [3.8, 4) is 0 Å². The van der Waals surface area contributed by atoms with E-state index >= 15 is 0 Å². The predicted molar refractivity (Wildman–Crippen MR) is 32.0 cm³/mol. The van der Waals surface area contributed by atoms with E-state index in [2.05, 4.69) is 0 Å². The molecule has 1 heterocycles. The van der Waals surface area contributed by atoms with E-state index in [9.17, 15) is 0 Å². The first kappa shape index (κ1) is 6.99. The maximum atomic E-state index is 9.07. The van der Waals surface area contributed by atoms with E-state index in [1.807, 2.05) is 6.92 Å². The molecule has 0 aromatic carbocycles. The molecule has 1 aliphatic rings. The molecule has 1 saturated heterocycles. The van der Waals surface area contributed by atoms with E-state index in [0.717, 1.165) is 0 Å². The lowest BCUT2D eigenvalue weighted by Gasteiger charge is -2.08. The molecule has 0 aliphatic carbocycles. The third-order valence-electron chi connectivity index (χ3n) is 1.59. The Morgan fingerprint density at radius 1 is 1.67 bits per heavy atom. The Bertz CT molecular complexity index is 94.3. The first-order valence-corrected chi connectivity index (χ1v) is 3.18. The van der Waals surface area contributed by atoms with Crippen LogP contribution < -0.4 is 0 Å². The third-order valence-corrected chi connectivity index (χ3v) is 1.59. The summed E-state index contributed by atoms with van der Waals surface area (Å²) in [5.74, 6) is 0. The average Bonchev–Trinajstić information content (AvgIpc) is 2.10. The van der Waals surface area contributed by atoms with E-state index in [1.54, 1.807) is 0 Å². The van der Waals surface area contributed by atoms with Gasteiger partial charge >= 0.3 is 0 Å². The molecule has 1 unspecified atom stereocenters. The fourth-order valence-corrected chi connectivity index (χ4v) is 1.10. The molecule has 0 spiro atoms. The Labute approximate surface area is 54.3 Å². The number of aliphatic hydroxyl groups is 2. The monoisotopic (exact) mass is 132 g/mol. The average molecular weight is 132 g/mol. The van der Waals surface area contributed by atoms with Gasteiger partial charge in [0.2, 0.25) is 0 Å². The SMILES string of the molecule is C[C@@H]1CC(O)[C@H](CO)O1. The van der Waals surface area contributed by atoms with Crippen LogP contribution in [-0.2, 0) is 4.74 Å². The van der Waals surface area contributed by atoms with Crippen LogP contribution in [0.5, 0.6) is 0 Å². The molecule has 54 valence electrons. The molecule has 0 bridgehead atoms. The van der Waals surface area contributed by atoms with Crippen LogP contribution >= 0.6 is 0 Å². The van der Waals surface area contributed by atoms with Crippen molar-refractivity contribution in [2.75, 3.05) is 6.61 Å². The highest BCUT2D eigenvalue weighted by atomic mass is 16.5. The molecule has 3 nitrogen and oxygen atoms in total. The van der Waals surface area contributed by atoms with Crippen molar-refractivity contribution >= 4 is 0 Å². The van der Waals surface area contributed by atoms with Crippen LogP contribution in [0, 0.1) is 0 Å². The van der Waals surface area contributed by atoms with Gasteiger partial charge in [-0.3, -0.25) is 0 Å². The minimum absolute atomic E-state index is 0.0779. The standard InChI is InChI=1S/C6H12O3/c1-4-2-5(8)6(3-7)9-4/h4-8H,2-3H2,1H3/t4-,5?,6+/m1/s1. The summed E-state index contributed by atoms with van der Waals surface area (Å²) in [7, 11) is 0. The second-order valence-corrected chi connectivity index (χ2v) is 2.47. The zero-order valence-electron chi connectivity index (χ0n) is 5.45. The van der Waals surface area contributed by atoms with Crippen molar-refractivity contribution in [2.45, 2.75) is 31.7 Å². The van der Waals surface area contributed by atoms with Gasteiger partial charge in [0.1, 0.15) is 6.10 Å². The lowest BCUT2D eigenvalue weighted by Crippen LogP contribution is -2.24. The summed E-state index contributed by atoms with van der Waals surface area (Å²) < 4.78 is 5.12. The molecule has 1 aliphatic heterocycles. The quantitative estimate of drug-likeness (QED) is 0.506. The van der Waals surface area contributed by atoms with Gasteiger partial charge in [0.15, 0.2) is 0 Å². The zero-order valence-corrected chi connectivity index (χ0v) is 5.45. The lowest BCUT2D eigenvalue weighted by molar-refractivity contribution is -0.0170. The van der Waals surface area contributed by atoms with Crippen LogP contribution in [-0.4, -0.2) is 35.1 Å². The summed E-state index contributed by atoms with van der Waals surface area (Å²) >= 11 is 0. The van der Waals surface area contributed by atoms with E-state index < -0.39 is 6.10 Å². The molecular weight excluding hydrogens is 120 g/mol. The van der Waals surface area contributed by atoms with Crippen molar-refractivity contribution in [1.82, 2.24) is 0 Å². The summed E-state index contributed by atoms with van der Waals surface area (Å²) in [6.45, 7) is 1.81. The van der Waals surface area contributed by atoms with Crippen LogP contribution in [0.2, 0.25) is 0 Å². The maximum Gasteiger partial charge on any atom is 0.107 e. The normalized spacial score (nSPS) is 43.7. The van der Waals surface area contributed by atoms with E-state index in [0.29, 0.717) is 6.42 Å². The van der Waals surface area contributed by atoms with Crippen molar-refractivity contribution in [1.29, 1.82) is 0 Å². The molecule has 9 heavy (non-hydrogen) atoms. The first-order valence-electron chi connectivity index (χ1n) is 3.18. The van der Waals surface area contributed by atoms with Crippen molar-refractivity contribution in [2.24, 2.45) is 0 Å². The molecular formula is C6H12O3. The van der Waals surface area contributed by atoms with E-state index in [1.165, 1.54) is 0 Å². The Balaban J connectivity index is 2.38. The van der Waals surface area contributed by atoms with E-state index in [4.69, 9.17) is 14.9 Å². The van der Waals surface area contributed by atoms with Crippen LogP contribution in [0.25, 0.3) is 0 Å². The van der Waals surface area contributed by atoms with Gasteiger partial charge in [-0.05, 0) is 6.92 Å². The van der Waals surface area contributed by atoms with Crippen LogP contribution in [0.1, 0.15) is 13.3 Å². The van der Waals surface area contributed by atoms with Crippen molar-refractivity contribution in [3.63, 3.8) is 0 Å². The Morgan fingerprint density at radius 3 is 2.56 bits per heavy atom. The van der Waals surface area contributed by atoms with E-state index in [-0.39, 0.29) is 18.8 Å². The van der Waals surface area contributed by atoms with Gasteiger partial charge in [-0.1, -0.05) is 0 Å². The van der Waals surface area contributed by atoms with Gasteiger partial charge in [-0.25, -0.2) is 0 Å². The molecule has 2 N–H and O–H groups in total. The van der Waals surface area contributed by atoms with Crippen molar-refractivity contribution in [3.05, 3.63) is 0 Å². The zero-order chi connectivity index (χ0) is 6.85. The highest BCUT2D eigenvalue weighted by Crippen LogP contribution is 2.18. The molecule has 0 amide bonds. The second-order valence-electron chi connectivity index (χ2n) is 2.47. The summed E-state index contributed by atoms with van der Waals surface area (Å²) in [5.41, 5.74) is 0. The molecule has 1 fully saturated rings. The molecule has 0 saturated carbocycles. The maximum absolute atomic E-state index is 9.07. The molecule has 0 radical (unpaired) electrons. The number of aliphatic hydroxyl groups excluding tert-OH is 2. The fourth-order valence-electron chi connectivity index (χ4n) is 1.10. The molecule has 0 aromatic rings. The second kappa shape index (κ2) is 2.64. The van der Waals surface area contributed by atoms with Gasteiger partial charge in [0.05, 0.1) is 18.8 Å². The number of ether oxygens (including phenoxy) is 1. The van der Waals surface area contributed by atoms with Gasteiger partial charge in [0.25, 0.3) is 0 Å². The van der Waals surface area contributed by atoms with Gasteiger partial charge in [-0.15, -0.1) is 0 Å². The number of hydrogen-bond donors (Lipinski definition) is 2. The summed E-state index contributed by atoms with van der Waals surface area (Å²) in [5, 5.41) is 17.6. The lowest BCUT2D eigenvalue weighted by atomic mass is 10.1. The number of rotatable bonds is 1. The molecule has 1 rings (SSSR count). The summed E-state index contributed by atoms with van der Waals surface area (Å²) in [4.78, 5) is 0. The van der Waals surface area contributed by atoms with Crippen molar-refractivity contribution < 1.29 is 14.9 Å². The van der Waals surface area contributed by atoms with Crippen LogP contribution in [0.15, 0.2) is 0 Å². The van der Waals surface area contributed by atoms with Gasteiger partial charge in [-0.2, -0.15) is 0 Å². The predicted octanol–water partition coefficient (Wildman–Crippen LogP) is -0.483. The number of hydrogen-bond acceptors (Lipinski definition) is 3. The highest BCUT2D eigenvalue weighted by molar-refractivity contribution is 4.78. The third kappa shape index (κ3) is 1.41. The van der Waals surface area contributed by atoms with Gasteiger partial charge in [0, 0.05) is 6.42 Å². The van der Waals surface area contributed by atoms with Crippen LogP contribution in [0.4, 0.5) is 0 Å². The Hall–Kier alpha value is -0.120. The topological polar surface area (TPSA) is 49.7 Å². The molecule has 3 heteroatoms. The Kier molecular flexibility index (Phi) is 2.05. The van der Waals surface area contributed by atoms with Gasteiger partial charge < -0.3 is 14.9 Å². The minimum Gasteiger partial charge on any atom is -0.394 e. The molecule has 3 atom stereocenters. The van der Waals surface area contributed by atoms with Crippen LogP contribution in [0.3, 0.4) is 0 Å². The fraction of sp³-hybridized carbons (Fsp3) is 1.00. The summed E-state index contributed by atoms with van der Waals surface area (Å²) in [6, 6.07) is 0. The smallest absolute Gasteiger partial charge is 0.107 e. The summed E-state index contributed by atoms with van der Waals surface area (Å²) in [6.07, 6.45) is -0.0762. The Morgan fingerprint density at radius 2 is 2.33 bits per heavy atom. The first-order chi connectivity index (χ1) is 4.24.